The maximum Gasteiger partial charge on any atom is 0.249 e. The molecule has 0 radical (unpaired) electrons. The first-order valence-corrected chi connectivity index (χ1v) is 8.43. The number of carbonyl (C=O) groups is 1. The maximum absolute atomic E-state index is 11.9. The van der Waals surface area contributed by atoms with E-state index in [0.29, 0.717) is 19.6 Å². The first-order valence-electron chi connectivity index (χ1n) is 6.89. The summed E-state index contributed by atoms with van der Waals surface area (Å²) in [6, 6.07) is 6.32. The highest BCUT2D eigenvalue weighted by Gasteiger charge is 2.30. The zero-order valence-electron chi connectivity index (χ0n) is 11.9. The predicted octanol–water partition coefficient (Wildman–Crippen LogP) is 0.418. The number of ether oxygens (including phenoxy) is 1. The molecule has 21 heavy (non-hydrogen) atoms. The number of nitrogens with two attached hydrogens (primary N) is 1. The molecule has 0 aromatic heterocycles. The van der Waals surface area contributed by atoms with Gasteiger partial charge in [0.15, 0.2) is 0 Å². The molecule has 1 aromatic carbocycles. The van der Waals surface area contributed by atoms with Gasteiger partial charge >= 0.3 is 0 Å². The van der Waals surface area contributed by atoms with Crippen LogP contribution in [0.2, 0.25) is 0 Å². The van der Waals surface area contributed by atoms with Gasteiger partial charge in [-0.1, -0.05) is 19.1 Å². The Balaban J connectivity index is 1.82. The lowest BCUT2D eigenvalue weighted by Crippen LogP contribution is -2.38. The molecule has 1 aromatic rings. The van der Waals surface area contributed by atoms with E-state index in [0.717, 1.165) is 12.0 Å². The summed E-state index contributed by atoms with van der Waals surface area (Å²) >= 11 is 0. The van der Waals surface area contributed by atoms with Gasteiger partial charge in [0.1, 0.15) is 6.10 Å². The standard InChI is InChI=1S/C14H20N2O4S/c1-10-7-9-20-13(10)14(17)16-8-6-11-2-4-12(5-3-11)21(15,18)19/h2-5,10,13H,6-9H2,1H3,(H,16,17)(H2,15,18,19). The molecule has 1 heterocycles. The Morgan fingerprint density at radius 2 is 2.05 bits per heavy atom. The van der Waals surface area contributed by atoms with E-state index in [-0.39, 0.29) is 22.8 Å². The number of nitrogens with one attached hydrogen (secondary N) is 1. The van der Waals surface area contributed by atoms with Crippen molar-refractivity contribution < 1.29 is 17.9 Å². The average molecular weight is 312 g/mol. The van der Waals surface area contributed by atoms with E-state index in [1.807, 2.05) is 6.92 Å². The summed E-state index contributed by atoms with van der Waals surface area (Å²) in [4.78, 5) is 12.0. The van der Waals surface area contributed by atoms with Crippen molar-refractivity contribution in [3.8, 4) is 0 Å². The molecule has 1 fully saturated rings. The number of hydrogen-bond acceptors (Lipinski definition) is 4. The lowest BCUT2D eigenvalue weighted by atomic mass is 10.0. The van der Waals surface area contributed by atoms with Crippen molar-refractivity contribution in [2.45, 2.75) is 30.8 Å². The van der Waals surface area contributed by atoms with Crippen LogP contribution in [0, 0.1) is 5.92 Å². The molecule has 0 aliphatic carbocycles. The topological polar surface area (TPSA) is 98.5 Å². The van der Waals surface area contributed by atoms with Crippen molar-refractivity contribution in [3.63, 3.8) is 0 Å². The highest BCUT2D eigenvalue weighted by molar-refractivity contribution is 7.89. The highest BCUT2D eigenvalue weighted by atomic mass is 32.2. The van der Waals surface area contributed by atoms with Gasteiger partial charge in [0.25, 0.3) is 0 Å². The molecular formula is C14H20N2O4S. The fraction of sp³-hybridized carbons (Fsp3) is 0.500. The Hall–Kier alpha value is -1.44. The number of hydrogen-bond donors (Lipinski definition) is 2. The lowest BCUT2D eigenvalue weighted by molar-refractivity contribution is -0.131. The van der Waals surface area contributed by atoms with Crippen molar-refractivity contribution in [1.29, 1.82) is 0 Å². The third kappa shape index (κ3) is 4.26. The van der Waals surface area contributed by atoms with Crippen LogP contribution >= 0.6 is 0 Å². The van der Waals surface area contributed by atoms with E-state index in [9.17, 15) is 13.2 Å². The molecule has 2 unspecified atom stereocenters. The second-order valence-electron chi connectivity index (χ2n) is 5.29. The third-order valence-electron chi connectivity index (χ3n) is 3.61. The van der Waals surface area contributed by atoms with Gasteiger partial charge in [0.2, 0.25) is 15.9 Å². The summed E-state index contributed by atoms with van der Waals surface area (Å²) in [5, 5.41) is 7.87. The van der Waals surface area contributed by atoms with Crippen molar-refractivity contribution in [2.24, 2.45) is 11.1 Å². The molecule has 2 atom stereocenters. The molecule has 0 spiro atoms. The Labute approximate surface area is 124 Å². The van der Waals surface area contributed by atoms with Gasteiger partial charge < -0.3 is 10.1 Å². The van der Waals surface area contributed by atoms with Crippen molar-refractivity contribution >= 4 is 15.9 Å². The number of primary sulfonamides is 1. The summed E-state index contributed by atoms with van der Waals surface area (Å²) in [6.45, 7) is 3.12. The van der Waals surface area contributed by atoms with Gasteiger partial charge in [-0.05, 0) is 36.5 Å². The molecular weight excluding hydrogens is 292 g/mol. The van der Waals surface area contributed by atoms with Crippen LogP contribution in [0.4, 0.5) is 0 Å². The summed E-state index contributed by atoms with van der Waals surface area (Å²) in [7, 11) is -3.66. The first-order chi connectivity index (χ1) is 9.88. The van der Waals surface area contributed by atoms with Crippen LogP contribution in [0.15, 0.2) is 29.2 Å². The second kappa shape index (κ2) is 6.55. The third-order valence-corrected chi connectivity index (χ3v) is 4.54. The van der Waals surface area contributed by atoms with E-state index >= 15 is 0 Å². The van der Waals surface area contributed by atoms with Crippen LogP contribution in [-0.2, 0) is 26.0 Å². The van der Waals surface area contributed by atoms with Crippen LogP contribution in [-0.4, -0.2) is 33.6 Å². The molecule has 7 heteroatoms. The van der Waals surface area contributed by atoms with Gasteiger partial charge in [-0.2, -0.15) is 0 Å². The summed E-state index contributed by atoms with van der Waals surface area (Å²) in [5.41, 5.74) is 0.933. The largest absolute Gasteiger partial charge is 0.368 e. The molecule has 0 bridgehead atoms. The zero-order valence-corrected chi connectivity index (χ0v) is 12.7. The summed E-state index contributed by atoms with van der Waals surface area (Å²) in [5.74, 6) is 0.167. The zero-order chi connectivity index (χ0) is 15.5. The molecule has 0 saturated carbocycles. The monoisotopic (exact) mass is 312 g/mol. The van der Waals surface area contributed by atoms with Gasteiger partial charge in [-0.15, -0.1) is 0 Å². The maximum atomic E-state index is 11.9. The van der Waals surface area contributed by atoms with Gasteiger partial charge in [-0.25, -0.2) is 13.6 Å². The molecule has 2 rings (SSSR count). The molecule has 6 nitrogen and oxygen atoms in total. The smallest absolute Gasteiger partial charge is 0.249 e. The Bertz CT molecular complexity index is 598. The Kier molecular flexibility index (Phi) is 4.97. The number of benzene rings is 1. The Morgan fingerprint density at radius 3 is 2.57 bits per heavy atom. The van der Waals surface area contributed by atoms with Crippen LogP contribution in [0.5, 0.6) is 0 Å². The van der Waals surface area contributed by atoms with E-state index < -0.39 is 10.0 Å². The van der Waals surface area contributed by atoms with E-state index in [1.54, 1.807) is 12.1 Å². The quantitative estimate of drug-likeness (QED) is 0.823. The fourth-order valence-corrected chi connectivity index (χ4v) is 2.82. The summed E-state index contributed by atoms with van der Waals surface area (Å²) < 4.78 is 27.7. The molecule has 1 aliphatic heterocycles. The van der Waals surface area contributed by atoms with Crippen molar-refractivity contribution in [2.75, 3.05) is 13.2 Å². The van der Waals surface area contributed by atoms with Gasteiger partial charge in [0.05, 0.1) is 4.90 Å². The van der Waals surface area contributed by atoms with Crippen LogP contribution in [0.3, 0.4) is 0 Å². The van der Waals surface area contributed by atoms with Crippen LogP contribution in [0.1, 0.15) is 18.9 Å². The minimum absolute atomic E-state index is 0.0823. The van der Waals surface area contributed by atoms with E-state index in [1.165, 1.54) is 12.1 Å². The minimum atomic E-state index is -3.66. The number of rotatable bonds is 5. The Morgan fingerprint density at radius 1 is 1.38 bits per heavy atom. The lowest BCUT2D eigenvalue weighted by Gasteiger charge is -2.14. The first kappa shape index (κ1) is 15.9. The number of sulfonamides is 1. The number of carbonyl (C=O) groups excluding carboxylic acids is 1. The fourth-order valence-electron chi connectivity index (χ4n) is 2.31. The molecule has 1 aliphatic rings. The summed E-state index contributed by atoms with van der Waals surface area (Å²) in [6.07, 6.45) is 1.18. The minimum Gasteiger partial charge on any atom is -0.368 e. The molecule has 1 saturated heterocycles. The molecule has 3 N–H and O–H groups in total. The van der Waals surface area contributed by atoms with E-state index in [2.05, 4.69) is 5.32 Å². The van der Waals surface area contributed by atoms with Crippen molar-refractivity contribution in [1.82, 2.24) is 5.32 Å². The molecule has 1 amide bonds. The number of amides is 1. The van der Waals surface area contributed by atoms with Crippen molar-refractivity contribution in [3.05, 3.63) is 29.8 Å². The predicted molar refractivity (Wildman–Crippen MR) is 78.0 cm³/mol. The van der Waals surface area contributed by atoms with Gasteiger partial charge in [0, 0.05) is 13.2 Å². The van der Waals surface area contributed by atoms with Crippen LogP contribution < -0.4 is 10.5 Å². The average Bonchev–Trinajstić information content (AvgIpc) is 2.84. The SMILES string of the molecule is CC1CCOC1C(=O)NCCc1ccc(S(N)(=O)=O)cc1. The van der Waals surface area contributed by atoms with E-state index in [4.69, 9.17) is 9.88 Å². The van der Waals surface area contributed by atoms with Gasteiger partial charge in [-0.3, -0.25) is 4.79 Å². The molecule has 116 valence electrons. The van der Waals surface area contributed by atoms with Crippen LogP contribution in [0.25, 0.3) is 0 Å². The second-order valence-corrected chi connectivity index (χ2v) is 6.85. The normalized spacial score (nSPS) is 22.2. The highest BCUT2D eigenvalue weighted by Crippen LogP contribution is 2.19.